The first kappa shape index (κ1) is 16.0. The summed E-state index contributed by atoms with van der Waals surface area (Å²) in [6.45, 7) is 7.06. The largest absolute Gasteiger partial charge is 0.492 e. The fourth-order valence-corrected chi connectivity index (χ4v) is 3.25. The molecule has 1 aliphatic rings. The Balaban J connectivity index is 1.57. The summed E-state index contributed by atoms with van der Waals surface area (Å²) in [7, 11) is 0. The predicted molar refractivity (Wildman–Crippen MR) is 87.4 cm³/mol. The molecule has 124 valence electrons. The van der Waals surface area contributed by atoms with E-state index in [9.17, 15) is 5.11 Å². The van der Waals surface area contributed by atoms with Crippen molar-refractivity contribution in [3.05, 3.63) is 41.2 Å². The number of hydrogen-bond donors (Lipinski definition) is 2. The van der Waals surface area contributed by atoms with Crippen LogP contribution >= 0.6 is 0 Å². The normalized spacial score (nSPS) is 22.2. The van der Waals surface area contributed by atoms with Crippen LogP contribution in [0.1, 0.15) is 29.7 Å². The van der Waals surface area contributed by atoms with Gasteiger partial charge in [-0.3, -0.25) is 4.90 Å². The van der Waals surface area contributed by atoms with E-state index in [1.54, 1.807) is 6.20 Å². The van der Waals surface area contributed by atoms with E-state index in [1.807, 2.05) is 6.07 Å². The van der Waals surface area contributed by atoms with Gasteiger partial charge in [-0.15, -0.1) is 0 Å². The molecule has 0 bridgehead atoms. The molecule has 0 aliphatic carbocycles. The van der Waals surface area contributed by atoms with Crippen LogP contribution in [-0.4, -0.2) is 51.7 Å². The highest BCUT2D eigenvalue weighted by Gasteiger charge is 2.36. The Hall–Kier alpha value is -1.92. The number of ether oxygens (including phenoxy) is 1. The van der Waals surface area contributed by atoms with Gasteiger partial charge >= 0.3 is 0 Å². The van der Waals surface area contributed by atoms with Crippen molar-refractivity contribution in [2.45, 2.75) is 32.3 Å². The Kier molecular flexibility index (Phi) is 4.63. The van der Waals surface area contributed by atoms with Crippen LogP contribution in [0.3, 0.4) is 0 Å². The number of β-amino-alcohol motifs (C(OH)–C–C–N with tert-alkyl or cyclic N) is 1. The summed E-state index contributed by atoms with van der Waals surface area (Å²) in [6.07, 6.45) is 3.26. The monoisotopic (exact) mass is 316 g/mol. The van der Waals surface area contributed by atoms with Crippen LogP contribution in [0.25, 0.3) is 0 Å². The van der Waals surface area contributed by atoms with Gasteiger partial charge in [0.1, 0.15) is 23.7 Å². The molecule has 2 N–H and O–H groups in total. The van der Waals surface area contributed by atoms with Crippen LogP contribution in [0.15, 0.2) is 24.4 Å². The number of nitrogens with one attached hydrogen (secondary N) is 1. The van der Waals surface area contributed by atoms with Gasteiger partial charge in [0, 0.05) is 13.1 Å². The zero-order chi connectivity index (χ0) is 16.3. The number of aromatic nitrogens is 3. The Labute approximate surface area is 136 Å². The Morgan fingerprint density at radius 3 is 2.83 bits per heavy atom. The van der Waals surface area contributed by atoms with E-state index >= 15 is 0 Å². The zero-order valence-electron chi connectivity index (χ0n) is 13.7. The highest BCUT2D eigenvalue weighted by Crippen LogP contribution is 2.29. The molecule has 0 amide bonds. The second-order valence-corrected chi connectivity index (χ2v) is 6.34. The first-order valence-electron chi connectivity index (χ1n) is 8.08. The molecule has 1 aromatic heterocycles. The second kappa shape index (κ2) is 6.68. The molecular formula is C17H24N4O2. The number of benzene rings is 1. The summed E-state index contributed by atoms with van der Waals surface area (Å²) in [4.78, 5) is 2.23. The van der Waals surface area contributed by atoms with Gasteiger partial charge in [0.15, 0.2) is 0 Å². The Morgan fingerprint density at radius 1 is 1.35 bits per heavy atom. The van der Waals surface area contributed by atoms with Gasteiger partial charge in [0.05, 0.1) is 6.20 Å². The van der Waals surface area contributed by atoms with Crippen molar-refractivity contribution in [2.75, 3.05) is 26.2 Å². The van der Waals surface area contributed by atoms with E-state index in [-0.39, 0.29) is 0 Å². The molecule has 1 fully saturated rings. The maximum Gasteiger partial charge on any atom is 0.125 e. The van der Waals surface area contributed by atoms with Crippen LogP contribution in [0.5, 0.6) is 5.75 Å². The van der Waals surface area contributed by atoms with E-state index in [4.69, 9.17) is 4.74 Å². The number of H-pyrrole nitrogens is 1. The van der Waals surface area contributed by atoms with Crippen LogP contribution in [0.2, 0.25) is 0 Å². The summed E-state index contributed by atoms with van der Waals surface area (Å²) >= 11 is 0. The van der Waals surface area contributed by atoms with Crippen molar-refractivity contribution in [1.29, 1.82) is 0 Å². The molecule has 0 saturated carbocycles. The van der Waals surface area contributed by atoms with Crippen molar-refractivity contribution in [3.8, 4) is 5.75 Å². The van der Waals surface area contributed by atoms with E-state index in [1.165, 1.54) is 0 Å². The molecule has 6 nitrogen and oxygen atoms in total. The van der Waals surface area contributed by atoms with Gasteiger partial charge in [-0.25, -0.2) is 0 Å². The lowest BCUT2D eigenvalue weighted by atomic mass is 9.90. The lowest BCUT2D eigenvalue weighted by Gasteiger charge is -2.37. The van der Waals surface area contributed by atoms with E-state index < -0.39 is 5.60 Å². The first-order chi connectivity index (χ1) is 11.1. The number of hydrogen-bond acceptors (Lipinski definition) is 5. The molecule has 3 rings (SSSR count). The van der Waals surface area contributed by atoms with Gasteiger partial charge in [-0.2, -0.15) is 15.4 Å². The number of aromatic amines is 1. The predicted octanol–water partition coefficient (Wildman–Crippen LogP) is 1.78. The minimum atomic E-state index is -0.913. The van der Waals surface area contributed by atoms with E-state index in [0.717, 1.165) is 36.4 Å². The van der Waals surface area contributed by atoms with E-state index in [2.05, 4.69) is 46.3 Å². The SMILES string of the molecule is Cc1cccc(C)c1OCCN1CCCC(O)(c2cn[nH]n2)C1. The zero-order valence-corrected chi connectivity index (χ0v) is 13.7. The summed E-state index contributed by atoms with van der Waals surface area (Å²) in [5.74, 6) is 0.969. The maximum absolute atomic E-state index is 10.8. The minimum Gasteiger partial charge on any atom is -0.492 e. The minimum absolute atomic E-state index is 0.565. The third-order valence-corrected chi connectivity index (χ3v) is 4.50. The number of aryl methyl sites for hydroxylation is 2. The van der Waals surface area contributed by atoms with Gasteiger partial charge in [0.2, 0.25) is 0 Å². The summed E-state index contributed by atoms with van der Waals surface area (Å²) in [6, 6.07) is 6.17. The van der Waals surface area contributed by atoms with Gasteiger partial charge < -0.3 is 9.84 Å². The first-order valence-corrected chi connectivity index (χ1v) is 8.08. The van der Waals surface area contributed by atoms with Crippen molar-refractivity contribution in [2.24, 2.45) is 0 Å². The molecule has 2 heterocycles. The smallest absolute Gasteiger partial charge is 0.125 e. The lowest BCUT2D eigenvalue weighted by Crippen LogP contribution is -2.47. The van der Waals surface area contributed by atoms with Crippen molar-refractivity contribution in [1.82, 2.24) is 20.3 Å². The molecule has 1 unspecified atom stereocenters. The maximum atomic E-state index is 10.8. The molecular weight excluding hydrogens is 292 g/mol. The van der Waals surface area contributed by atoms with Gasteiger partial charge in [0.25, 0.3) is 0 Å². The third kappa shape index (κ3) is 3.54. The average molecular weight is 316 g/mol. The highest BCUT2D eigenvalue weighted by molar-refractivity contribution is 5.39. The molecule has 23 heavy (non-hydrogen) atoms. The van der Waals surface area contributed by atoms with Crippen LogP contribution < -0.4 is 4.74 Å². The number of para-hydroxylation sites is 1. The third-order valence-electron chi connectivity index (χ3n) is 4.50. The van der Waals surface area contributed by atoms with Gasteiger partial charge in [-0.1, -0.05) is 18.2 Å². The number of likely N-dealkylation sites (tertiary alicyclic amines) is 1. The van der Waals surface area contributed by atoms with E-state index in [0.29, 0.717) is 25.3 Å². The fraction of sp³-hybridized carbons (Fsp3) is 0.529. The summed E-state index contributed by atoms with van der Waals surface area (Å²) in [5.41, 5.74) is 2.02. The van der Waals surface area contributed by atoms with Crippen LogP contribution in [0.4, 0.5) is 0 Å². The molecule has 0 spiro atoms. The number of aliphatic hydroxyl groups is 1. The lowest BCUT2D eigenvalue weighted by molar-refractivity contribution is -0.0412. The standard InChI is InChI=1S/C17H24N4O2/c1-13-5-3-6-14(2)16(13)23-10-9-21-8-4-7-17(22,12-21)15-11-18-20-19-15/h3,5-6,11,22H,4,7-10,12H2,1-2H3,(H,18,19,20). The topological polar surface area (TPSA) is 74.3 Å². The number of rotatable bonds is 5. The Morgan fingerprint density at radius 2 is 2.13 bits per heavy atom. The molecule has 1 aromatic carbocycles. The van der Waals surface area contributed by atoms with Crippen molar-refractivity contribution in [3.63, 3.8) is 0 Å². The summed E-state index contributed by atoms with van der Waals surface area (Å²) in [5, 5.41) is 21.2. The summed E-state index contributed by atoms with van der Waals surface area (Å²) < 4.78 is 5.97. The second-order valence-electron chi connectivity index (χ2n) is 6.34. The van der Waals surface area contributed by atoms with Crippen LogP contribution in [-0.2, 0) is 5.60 Å². The molecule has 0 radical (unpaired) electrons. The van der Waals surface area contributed by atoms with Crippen LogP contribution in [0, 0.1) is 13.8 Å². The average Bonchev–Trinajstić information content (AvgIpc) is 3.06. The number of nitrogens with zero attached hydrogens (tertiary/aromatic N) is 3. The molecule has 1 atom stereocenters. The molecule has 6 heteroatoms. The molecule has 1 saturated heterocycles. The quantitative estimate of drug-likeness (QED) is 0.879. The Bertz CT molecular complexity index is 624. The van der Waals surface area contributed by atoms with Crippen molar-refractivity contribution < 1.29 is 9.84 Å². The van der Waals surface area contributed by atoms with Crippen molar-refractivity contribution >= 4 is 0 Å². The molecule has 2 aromatic rings. The highest BCUT2D eigenvalue weighted by atomic mass is 16.5. The van der Waals surface area contributed by atoms with Gasteiger partial charge in [-0.05, 0) is 44.4 Å². The number of piperidine rings is 1. The molecule has 1 aliphatic heterocycles. The fourth-order valence-electron chi connectivity index (χ4n) is 3.25.